The summed E-state index contributed by atoms with van der Waals surface area (Å²) in [6, 6.07) is 0. The van der Waals surface area contributed by atoms with Crippen LogP contribution in [0.2, 0.25) is 0 Å². The normalized spacial score (nSPS) is 10.0. The van der Waals surface area contributed by atoms with E-state index in [0.717, 1.165) is 5.75 Å². The second kappa shape index (κ2) is 3.46. The maximum Gasteiger partial charge on any atom is 0.0128 e. The highest BCUT2D eigenvalue weighted by molar-refractivity contribution is 7.96. The summed E-state index contributed by atoms with van der Waals surface area (Å²) in [7, 11) is 1.83. The Kier molecular flexibility index (Phi) is 3.62. The summed E-state index contributed by atoms with van der Waals surface area (Å²) in [6.45, 7) is 2.06. The average molecular weight is 106 g/mol. The molecule has 0 aromatic carbocycles. The van der Waals surface area contributed by atoms with Gasteiger partial charge in [0.1, 0.15) is 0 Å². The highest BCUT2D eigenvalue weighted by Crippen LogP contribution is 1.95. The Bertz CT molecular complexity index is 30.0. The molecule has 0 unspecified atom stereocenters. The Morgan fingerprint density at radius 3 is 2.33 bits per heavy atom. The zero-order valence-corrected chi connectivity index (χ0v) is 4.96. The molecule has 0 fully saturated rings. The van der Waals surface area contributed by atoms with Gasteiger partial charge in [0.15, 0.2) is 0 Å². The van der Waals surface area contributed by atoms with E-state index in [4.69, 9.17) is 5.84 Å². The van der Waals surface area contributed by atoms with Gasteiger partial charge >= 0.3 is 0 Å². The molecule has 0 aromatic heterocycles. The standard InChI is InChI=1S/C3H10N2S/c1-3-6-5(2)4/h3-4H2,1-2H3. The van der Waals surface area contributed by atoms with Crippen LogP contribution in [0.1, 0.15) is 6.92 Å². The Morgan fingerprint density at radius 1 is 1.83 bits per heavy atom. The van der Waals surface area contributed by atoms with Crippen molar-refractivity contribution in [1.29, 1.82) is 0 Å². The molecule has 0 saturated carbocycles. The molecule has 0 aliphatic carbocycles. The van der Waals surface area contributed by atoms with Gasteiger partial charge in [-0.1, -0.05) is 18.9 Å². The van der Waals surface area contributed by atoms with Crippen molar-refractivity contribution in [1.82, 2.24) is 4.41 Å². The average Bonchev–Trinajstić information content (AvgIpc) is 1.35. The molecule has 0 aliphatic heterocycles. The van der Waals surface area contributed by atoms with Crippen LogP contribution in [0.25, 0.3) is 0 Å². The van der Waals surface area contributed by atoms with Gasteiger partial charge in [-0.15, -0.1) is 0 Å². The predicted octanol–water partition coefficient (Wildman–Crippen LogP) is 0.460. The molecule has 0 amide bonds. The SMILES string of the molecule is CCSN(C)N. The number of hydrogen-bond acceptors (Lipinski definition) is 3. The van der Waals surface area contributed by atoms with Crippen LogP contribution in [0, 0.1) is 0 Å². The molecule has 2 N–H and O–H groups in total. The van der Waals surface area contributed by atoms with E-state index >= 15 is 0 Å². The Morgan fingerprint density at radius 2 is 2.33 bits per heavy atom. The van der Waals surface area contributed by atoms with Crippen LogP contribution in [-0.2, 0) is 0 Å². The predicted molar refractivity (Wildman–Crippen MR) is 30.1 cm³/mol. The smallest absolute Gasteiger partial charge is 0.0128 e. The number of nitrogens with two attached hydrogens (primary N) is 1. The molecule has 0 rings (SSSR count). The Labute approximate surface area is 42.8 Å². The maximum absolute atomic E-state index is 5.20. The van der Waals surface area contributed by atoms with E-state index in [2.05, 4.69) is 6.92 Å². The fourth-order valence-corrected chi connectivity index (χ4v) is 0.611. The summed E-state index contributed by atoms with van der Waals surface area (Å²) < 4.78 is 1.60. The quantitative estimate of drug-likeness (QED) is 0.315. The van der Waals surface area contributed by atoms with Gasteiger partial charge in [0.2, 0.25) is 0 Å². The minimum Gasteiger partial charge on any atom is -0.259 e. The number of nitrogens with zero attached hydrogens (tertiary/aromatic N) is 1. The van der Waals surface area contributed by atoms with Crippen molar-refractivity contribution in [2.75, 3.05) is 12.8 Å². The molecule has 3 heteroatoms. The first-order chi connectivity index (χ1) is 2.77. The highest BCUT2D eigenvalue weighted by Gasteiger charge is 1.80. The van der Waals surface area contributed by atoms with Gasteiger partial charge in [0.25, 0.3) is 0 Å². The maximum atomic E-state index is 5.20. The van der Waals surface area contributed by atoms with Crippen LogP contribution >= 0.6 is 11.9 Å². The van der Waals surface area contributed by atoms with Crippen molar-refractivity contribution in [3.8, 4) is 0 Å². The van der Waals surface area contributed by atoms with E-state index in [1.807, 2.05) is 7.05 Å². The fraction of sp³-hybridized carbons (Fsp3) is 1.00. The van der Waals surface area contributed by atoms with Gasteiger partial charge in [-0.25, -0.2) is 0 Å². The molecule has 6 heavy (non-hydrogen) atoms. The third-order valence-electron chi connectivity index (χ3n) is 0.333. The second-order valence-electron chi connectivity index (χ2n) is 0.964. The summed E-state index contributed by atoms with van der Waals surface area (Å²) in [6.07, 6.45) is 0. The monoisotopic (exact) mass is 106 g/mol. The molecule has 0 aliphatic rings. The van der Waals surface area contributed by atoms with E-state index in [1.54, 1.807) is 16.4 Å². The summed E-state index contributed by atoms with van der Waals surface area (Å²) in [5, 5.41) is 0. The summed E-state index contributed by atoms with van der Waals surface area (Å²) in [5.41, 5.74) is 0. The highest BCUT2D eigenvalue weighted by atomic mass is 32.2. The van der Waals surface area contributed by atoms with Crippen LogP contribution in [0.3, 0.4) is 0 Å². The van der Waals surface area contributed by atoms with E-state index in [1.165, 1.54) is 0 Å². The lowest BCUT2D eigenvalue weighted by Gasteiger charge is -2.02. The molecule has 0 atom stereocenters. The molecule has 2 nitrogen and oxygen atoms in total. The van der Waals surface area contributed by atoms with Gasteiger partial charge in [-0.05, 0) is 0 Å². The first-order valence-electron chi connectivity index (χ1n) is 1.88. The minimum atomic E-state index is 1.05. The Balaban J connectivity index is 2.63. The topological polar surface area (TPSA) is 29.3 Å². The third-order valence-corrected chi connectivity index (χ3v) is 0.998. The van der Waals surface area contributed by atoms with E-state index in [-0.39, 0.29) is 0 Å². The van der Waals surface area contributed by atoms with Gasteiger partial charge in [0, 0.05) is 12.8 Å². The van der Waals surface area contributed by atoms with Crippen molar-refractivity contribution in [3.63, 3.8) is 0 Å². The van der Waals surface area contributed by atoms with Crippen LogP contribution in [0.5, 0.6) is 0 Å². The van der Waals surface area contributed by atoms with Crippen molar-refractivity contribution >= 4 is 11.9 Å². The largest absolute Gasteiger partial charge is 0.259 e. The lowest BCUT2D eigenvalue weighted by molar-refractivity contribution is 0.610. The molecule has 0 radical (unpaired) electrons. The van der Waals surface area contributed by atoms with Crippen LogP contribution in [0.15, 0.2) is 0 Å². The van der Waals surface area contributed by atoms with E-state index in [9.17, 15) is 0 Å². The first kappa shape index (κ1) is 6.27. The van der Waals surface area contributed by atoms with Crippen LogP contribution in [-0.4, -0.2) is 17.2 Å². The molecule has 0 heterocycles. The van der Waals surface area contributed by atoms with Crippen molar-refractivity contribution in [2.24, 2.45) is 5.84 Å². The summed E-state index contributed by atoms with van der Waals surface area (Å²) in [5.74, 6) is 6.25. The third kappa shape index (κ3) is 4.27. The van der Waals surface area contributed by atoms with Gasteiger partial charge < -0.3 is 0 Å². The molecule has 38 valence electrons. The molecule has 0 aromatic rings. The second-order valence-corrected chi connectivity index (χ2v) is 2.38. The lowest BCUT2D eigenvalue weighted by Crippen LogP contribution is -2.16. The Hall–Kier alpha value is 0.270. The minimum absolute atomic E-state index is 1.05. The first-order valence-corrected chi connectivity index (χ1v) is 2.83. The molecule has 0 bridgehead atoms. The van der Waals surface area contributed by atoms with Crippen molar-refractivity contribution < 1.29 is 0 Å². The van der Waals surface area contributed by atoms with Crippen LogP contribution in [0.4, 0.5) is 0 Å². The van der Waals surface area contributed by atoms with Crippen LogP contribution < -0.4 is 5.84 Å². The van der Waals surface area contributed by atoms with E-state index in [0.29, 0.717) is 0 Å². The fourth-order valence-electron chi connectivity index (χ4n) is 0.204. The van der Waals surface area contributed by atoms with Gasteiger partial charge in [0.05, 0.1) is 0 Å². The molecule has 0 saturated heterocycles. The van der Waals surface area contributed by atoms with E-state index < -0.39 is 0 Å². The zero-order valence-electron chi connectivity index (χ0n) is 4.14. The molecular weight excluding hydrogens is 96.1 g/mol. The number of hydrogen-bond donors (Lipinski definition) is 1. The zero-order chi connectivity index (χ0) is 4.99. The van der Waals surface area contributed by atoms with Gasteiger partial charge in [-0.3, -0.25) is 5.84 Å². The number of rotatable bonds is 2. The van der Waals surface area contributed by atoms with Gasteiger partial charge in [-0.2, -0.15) is 4.41 Å². The summed E-state index contributed by atoms with van der Waals surface area (Å²) in [4.78, 5) is 0. The number of hydrazine groups is 1. The molecular formula is C3H10N2S. The molecule has 0 spiro atoms. The lowest BCUT2D eigenvalue weighted by atomic mass is 11.0. The van der Waals surface area contributed by atoms with Crippen molar-refractivity contribution in [3.05, 3.63) is 0 Å². The summed E-state index contributed by atoms with van der Waals surface area (Å²) >= 11 is 1.60. The van der Waals surface area contributed by atoms with Crippen molar-refractivity contribution in [2.45, 2.75) is 6.92 Å².